The number of hydrogen-bond acceptors (Lipinski definition) is 1. The molecule has 0 aliphatic carbocycles. The van der Waals surface area contributed by atoms with Crippen LogP contribution >= 0.6 is 0 Å². The van der Waals surface area contributed by atoms with Gasteiger partial charge in [0.1, 0.15) is 0 Å². The molecule has 0 aliphatic rings. The minimum atomic E-state index is 1.11. The predicted octanol–water partition coefficient (Wildman–Crippen LogP) is 2.76. The Labute approximate surface area is 80.0 Å². The van der Waals surface area contributed by atoms with E-state index in [0.29, 0.717) is 0 Å². The molecule has 0 aliphatic heterocycles. The minimum Gasteiger partial charge on any atom is -0.371 e. The van der Waals surface area contributed by atoms with Crippen LogP contribution in [0.2, 0.25) is 0 Å². The number of rotatable bonds is 2. The van der Waals surface area contributed by atoms with E-state index in [2.05, 4.69) is 22.8 Å². The number of nitrogens with zero attached hydrogens (tertiary/aromatic N) is 1. The minimum absolute atomic E-state index is 1.11. The summed E-state index contributed by atoms with van der Waals surface area (Å²) in [6, 6.07) is 10.3. The zero-order valence-electron chi connectivity index (χ0n) is 8.41. The molecule has 1 nitrogen and oxygen atoms in total. The standard InChI is InChI=1S/C12H15N/c1-4-8-12(13(2)3)11-9-6-5-7-10-11/h4-7,9-10H,1-3H3. The van der Waals surface area contributed by atoms with Crippen molar-refractivity contribution in [3.63, 3.8) is 0 Å². The van der Waals surface area contributed by atoms with Crippen molar-refractivity contribution < 1.29 is 0 Å². The molecule has 0 saturated heterocycles. The Balaban J connectivity index is 3.12. The first-order valence-electron chi connectivity index (χ1n) is 4.39. The second-order valence-electron chi connectivity index (χ2n) is 3.04. The van der Waals surface area contributed by atoms with Gasteiger partial charge in [0.25, 0.3) is 0 Å². The second kappa shape index (κ2) is 4.54. The highest BCUT2D eigenvalue weighted by Gasteiger charge is 2.00. The lowest BCUT2D eigenvalue weighted by molar-refractivity contribution is 0.593. The fourth-order valence-electron chi connectivity index (χ4n) is 1.20. The molecule has 0 spiro atoms. The fourth-order valence-corrected chi connectivity index (χ4v) is 1.20. The van der Waals surface area contributed by atoms with Gasteiger partial charge in [-0.25, -0.2) is 0 Å². The normalized spacial score (nSPS) is 8.85. The summed E-state index contributed by atoms with van der Waals surface area (Å²) in [5.74, 6) is 0. The maximum Gasteiger partial charge on any atom is 0.0864 e. The third-order valence-electron chi connectivity index (χ3n) is 1.78. The monoisotopic (exact) mass is 173 g/mol. The SMILES string of the molecule is CC=C=C(c1ccccc1)N(C)C. The van der Waals surface area contributed by atoms with Crippen LogP contribution in [0, 0.1) is 0 Å². The van der Waals surface area contributed by atoms with E-state index in [1.165, 1.54) is 5.56 Å². The molecule has 1 aromatic carbocycles. The molecule has 0 radical (unpaired) electrons. The van der Waals surface area contributed by atoms with Crippen LogP contribution in [0.4, 0.5) is 0 Å². The van der Waals surface area contributed by atoms with Crippen LogP contribution in [0.15, 0.2) is 42.1 Å². The smallest absolute Gasteiger partial charge is 0.0864 e. The van der Waals surface area contributed by atoms with Gasteiger partial charge in [0, 0.05) is 19.7 Å². The highest BCUT2D eigenvalue weighted by Crippen LogP contribution is 2.13. The molecule has 0 atom stereocenters. The Kier molecular flexibility index (Phi) is 3.36. The van der Waals surface area contributed by atoms with E-state index in [4.69, 9.17) is 0 Å². The highest BCUT2D eigenvalue weighted by atomic mass is 15.1. The van der Waals surface area contributed by atoms with E-state index < -0.39 is 0 Å². The maximum atomic E-state index is 3.22. The van der Waals surface area contributed by atoms with Gasteiger partial charge < -0.3 is 4.90 Å². The van der Waals surface area contributed by atoms with Gasteiger partial charge in [-0.15, -0.1) is 0 Å². The van der Waals surface area contributed by atoms with Gasteiger partial charge in [-0.2, -0.15) is 0 Å². The van der Waals surface area contributed by atoms with Crippen molar-refractivity contribution in [2.45, 2.75) is 6.92 Å². The molecule has 1 heteroatoms. The zero-order valence-corrected chi connectivity index (χ0v) is 8.41. The number of hydrogen-bond donors (Lipinski definition) is 0. The summed E-state index contributed by atoms with van der Waals surface area (Å²) < 4.78 is 0. The van der Waals surface area contributed by atoms with Crippen LogP contribution in [0.5, 0.6) is 0 Å². The summed E-state index contributed by atoms with van der Waals surface area (Å²) in [6.45, 7) is 1.98. The molecule has 0 heterocycles. The molecule has 0 amide bonds. The quantitative estimate of drug-likeness (QED) is 0.621. The van der Waals surface area contributed by atoms with Gasteiger partial charge in [0.15, 0.2) is 0 Å². The topological polar surface area (TPSA) is 3.24 Å². The fraction of sp³-hybridized carbons (Fsp3) is 0.250. The van der Waals surface area contributed by atoms with E-state index in [0.717, 1.165) is 5.70 Å². The third-order valence-corrected chi connectivity index (χ3v) is 1.78. The summed E-state index contributed by atoms with van der Waals surface area (Å²) in [7, 11) is 4.05. The van der Waals surface area contributed by atoms with Gasteiger partial charge in [0.2, 0.25) is 0 Å². The second-order valence-corrected chi connectivity index (χ2v) is 3.04. The number of allylic oxidation sites excluding steroid dienone is 1. The third kappa shape index (κ3) is 2.50. The van der Waals surface area contributed by atoms with E-state index in [1.807, 2.05) is 45.3 Å². The van der Waals surface area contributed by atoms with Crippen LogP contribution in [-0.2, 0) is 0 Å². The van der Waals surface area contributed by atoms with Gasteiger partial charge in [0.05, 0.1) is 5.70 Å². The van der Waals surface area contributed by atoms with Crippen molar-refractivity contribution in [2.24, 2.45) is 0 Å². The Bertz CT molecular complexity index is 316. The van der Waals surface area contributed by atoms with Gasteiger partial charge in [-0.1, -0.05) is 36.1 Å². The lowest BCUT2D eigenvalue weighted by atomic mass is 10.1. The molecule has 0 fully saturated rings. The largest absolute Gasteiger partial charge is 0.371 e. The molecular formula is C12H15N. The van der Waals surface area contributed by atoms with Crippen molar-refractivity contribution in [2.75, 3.05) is 14.1 Å². The molecule has 1 aromatic rings. The average Bonchev–Trinajstić information content (AvgIpc) is 2.15. The van der Waals surface area contributed by atoms with Crippen LogP contribution < -0.4 is 0 Å². The van der Waals surface area contributed by atoms with E-state index in [1.54, 1.807) is 0 Å². The summed E-state index contributed by atoms with van der Waals surface area (Å²) >= 11 is 0. The van der Waals surface area contributed by atoms with Crippen molar-refractivity contribution >= 4 is 5.70 Å². The van der Waals surface area contributed by atoms with Crippen molar-refractivity contribution in [3.8, 4) is 0 Å². The molecule has 1 rings (SSSR count). The first-order valence-corrected chi connectivity index (χ1v) is 4.39. The Morgan fingerprint density at radius 1 is 1.23 bits per heavy atom. The van der Waals surface area contributed by atoms with E-state index >= 15 is 0 Å². The van der Waals surface area contributed by atoms with Crippen molar-refractivity contribution in [3.05, 3.63) is 47.7 Å². The molecule has 13 heavy (non-hydrogen) atoms. The highest BCUT2D eigenvalue weighted by molar-refractivity contribution is 5.62. The summed E-state index contributed by atoms with van der Waals surface area (Å²) in [4.78, 5) is 2.06. The van der Waals surface area contributed by atoms with Crippen molar-refractivity contribution in [1.29, 1.82) is 0 Å². The van der Waals surface area contributed by atoms with Gasteiger partial charge in [-0.3, -0.25) is 0 Å². The first-order chi connectivity index (χ1) is 6.25. The lowest BCUT2D eigenvalue weighted by Gasteiger charge is -2.14. The van der Waals surface area contributed by atoms with Crippen molar-refractivity contribution in [1.82, 2.24) is 4.90 Å². The zero-order chi connectivity index (χ0) is 9.68. The Morgan fingerprint density at radius 2 is 1.85 bits per heavy atom. The van der Waals surface area contributed by atoms with E-state index in [-0.39, 0.29) is 0 Å². The van der Waals surface area contributed by atoms with Gasteiger partial charge >= 0.3 is 0 Å². The summed E-state index contributed by atoms with van der Waals surface area (Å²) in [6.07, 6.45) is 1.93. The lowest BCUT2D eigenvalue weighted by Crippen LogP contribution is -2.08. The summed E-state index contributed by atoms with van der Waals surface area (Å²) in [5, 5.41) is 0. The Hall–Kier alpha value is -1.46. The molecule has 68 valence electrons. The summed E-state index contributed by atoms with van der Waals surface area (Å²) in [5.41, 5.74) is 5.53. The molecular weight excluding hydrogens is 158 g/mol. The average molecular weight is 173 g/mol. The van der Waals surface area contributed by atoms with Gasteiger partial charge in [-0.05, 0) is 13.0 Å². The molecule has 0 N–H and O–H groups in total. The van der Waals surface area contributed by atoms with Crippen LogP contribution in [0.25, 0.3) is 5.70 Å². The molecule has 0 aromatic heterocycles. The van der Waals surface area contributed by atoms with Crippen LogP contribution in [0.1, 0.15) is 12.5 Å². The first kappa shape index (κ1) is 9.63. The van der Waals surface area contributed by atoms with E-state index in [9.17, 15) is 0 Å². The Morgan fingerprint density at radius 3 is 2.31 bits per heavy atom. The van der Waals surface area contributed by atoms with Crippen LogP contribution in [-0.4, -0.2) is 19.0 Å². The predicted molar refractivity (Wildman–Crippen MR) is 57.3 cm³/mol. The molecule has 0 unspecified atom stereocenters. The maximum absolute atomic E-state index is 3.22. The molecule has 0 saturated carbocycles. The van der Waals surface area contributed by atoms with Crippen LogP contribution in [0.3, 0.4) is 0 Å². The molecule has 0 bridgehead atoms. The number of benzene rings is 1.